The van der Waals surface area contributed by atoms with Crippen molar-refractivity contribution in [2.24, 2.45) is 11.3 Å². The fourth-order valence-corrected chi connectivity index (χ4v) is 3.53. The highest BCUT2D eigenvalue weighted by Crippen LogP contribution is 2.61. The van der Waals surface area contributed by atoms with Crippen LogP contribution in [0.25, 0.3) is 0 Å². The second kappa shape index (κ2) is 3.48. The Hall–Kier alpha value is -0.570. The van der Waals surface area contributed by atoms with Gasteiger partial charge >= 0.3 is 5.97 Å². The molecule has 15 heavy (non-hydrogen) atoms. The Balaban J connectivity index is 2.17. The molecule has 0 aromatic heterocycles. The molecule has 86 valence electrons. The Morgan fingerprint density at radius 1 is 1.13 bits per heavy atom. The zero-order valence-electron chi connectivity index (χ0n) is 9.33. The summed E-state index contributed by atoms with van der Waals surface area (Å²) >= 11 is 0. The zero-order chi connectivity index (χ0) is 11.1. The Labute approximate surface area is 90.5 Å². The maximum absolute atomic E-state index is 11.0. The van der Waals surface area contributed by atoms with Crippen molar-refractivity contribution in [1.82, 2.24) is 0 Å². The van der Waals surface area contributed by atoms with Crippen LogP contribution >= 0.6 is 0 Å². The second-order valence-corrected chi connectivity index (χ2v) is 5.33. The van der Waals surface area contributed by atoms with Crippen LogP contribution in [0, 0.1) is 11.3 Å². The molecule has 0 radical (unpaired) electrons. The van der Waals surface area contributed by atoms with Gasteiger partial charge in [0.05, 0.1) is 11.5 Å². The van der Waals surface area contributed by atoms with Gasteiger partial charge in [0.25, 0.3) is 0 Å². The molecule has 0 aromatic carbocycles. The predicted molar refractivity (Wildman–Crippen MR) is 56.5 cm³/mol. The number of rotatable bonds is 2. The van der Waals surface area contributed by atoms with Crippen LogP contribution in [0.1, 0.15) is 51.9 Å². The van der Waals surface area contributed by atoms with E-state index < -0.39 is 17.5 Å². The standard InChI is InChI=1S/C12H20O3/c1-9(10(13)14)12(15)8-7-11(12)5-3-2-4-6-11/h9,15H,2-8H2,1H3,(H,13,14). The number of aliphatic carboxylic acids is 1. The number of carboxylic acids is 1. The molecule has 2 rings (SSSR count). The lowest BCUT2D eigenvalue weighted by molar-refractivity contribution is -0.218. The van der Waals surface area contributed by atoms with Gasteiger partial charge in [-0.15, -0.1) is 0 Å². The van der Waals surface area contributed by atoms with E-state index in [0.717, 1.165) is 32.1 Å². The summed E-state index contributed by atoms with van der Waals surface area (Å²) in [5, 5.41) is 19.6. The van der Waals surface area contributed by atoms with E-state index in [1.54, 1.807) is 6.92 Å². The van der Waals surface area contributed by atoms with Crippen LogP contribution in [0.4, 0.5) is 0 Å². The first-order valence-corrected chi connectivity index (χ1v) is 5.97. The van der Waals surface area contributed by atoms with E-state index in [4.69, 9.17) is 5.11 Å². The van der Waals surface area contributed by atoms with Gasteiger partial charge in [0.1, 0.15) is 0 Å². The Kier molecular flexibility index (Phi) is 2.53. The van der Waals surface area contributed by atoms with Gasteiger partial charge in [-0.05, 0) is 32.6 Å². The molecule has 0 bridgehead atoms. The highest BCUT2D eigenvalue weighted by Gasteiger charge is 2.61. The van der Waals surface area contributed by atoms with Crippen molar-refractivity contribution < 1.29 is 15.0 Å². The summed E-state index contributed by atoms with van der Waals surface area (Å²) in [6, 6.07) is 0. The fourth-order valence-electron chi connectivity index (χ4n) is 3.53. The second-order valence-electron chi connectivity index (χ2n) is 5.33. The lowest BCUT2D eigenvalue weighted by Crippen LogP contribution is -2.63. The molecule has 0 amide bonds. The van der Waals surface area contributed by atoms with E-state index in [-0.39, 0.29) is 5.41 Å². The molecule has 0 heterocycles. The molecule has 3 heteroatoms. The van der Waals surface area contributed by atoms with Crippen molar-refractivity contribution in [1.29, 1.82) is 0 Å². The summed E-state index contributed by atoms with van der Waals surface area (Å²) in [7, 11) is 0. The summed E-state index contributed by atoms with van der Waals surface area (Å²) < 4.78 is 0. The minimum absolute atomic E-state index is 0.0664. The van der Waals surface area contributed by atoms with E-state index >= 15 is 0 Å². The molecule has 3 nitrogen and oxygen atoms in total. The average molecular weight is 212 g/mol. The maximum Gasteiger partial charge on any atom is 0.309 e. The van der Waals surface area contributed by atoms with Crippen LogP contribution in [0.2, 0.25) is 0 Å². The van der Waals surface area contributed by atoms with Gasteiger partial charge in [0.15, 0.2) is 0 Å². The fraction of sp³-hybridized carbons (Fsp3) is 0.917. The molecule has 2 N–H and O–H groups in total. The smallest absolute Gasteiger partial charge is 0.309 e. The van der Waals surface area contributed by atoms with Crippen molar-refractivity contribution in [2.45, 2.75) is 57.5 Å². The monoisotopic (exact) mass is 212 g/mol. The molecule has 2 saturated carbocycles. The zero-order valence-corrected chi connectivity index (χ0v) is 9.33. The molecule has 2 atom stereocenters. The first-order valence-electron chi connectivity index (χ1n) is 5.97. The van der Waals surface area contributed by atoms with Gasteiger partial charge in [-0.1, -0.05) is 19.3 Å². The quantitative estimate of drug-likeness (QED) is 0.737. The summed E-state index contributed by atoms with van der Waals surface area (Å²) in [6.07, 6.45) is 7.24. The van der Waals surface area contributed by atoms with E-state index in [2.05, 4.69) is 0 Å². The summed E-state index contributed by atoms with van der Waals surface area (Å²) in [5.41, 5.74) is -0.998. The Morgan fingerprint density at radius 2 is 1.73 bits per heavy atom. The largest absolute Gasteiger partial charge is 0.481 e. The van der Waals surface area contributed by atoms with Crippen molar-refractivity contribution in [2.75, 3.05) is 0 Å². The third kappa shape index (κ3) is 1.40. The van der Waals surface area contributed by atoms with E-state index in [1.807, 2.05) is 0 Å². The highest BCUT2D eigenvalue weighted by molar-refractivity contribution is 5.71. The van der Waals surface area contributed by atoms with E-state index in [9.17, 15) is 9.90 Å². The van der Waals surface area contributed by atoms with Crippen LogP contribution in [-0.4, -0.2) is 21.8 Å². The number of hydrogen-bond acceptors (Lipinski definition) is 2. The Bertz CT molecular complexity index is 268. The molecule has 2 aliphatic carbocycles. The Morgan fingerprint density at radius 3 is 2.13 bits per heavy atom. The van der Waals surface area contributed by atoms with Crippen molar-refractivity contribution in [3.63, 3.8) is 0 Å². The van der Waals surface area contributed by atoms with Gasteiger partial charge in [0.2, 0.25) is 0 Å². The molecule has 1 spiro atoms. The molecular weight excluding hydrogens is 192 g/mol. The van der Waals surface area contributed by atoms with E-state index in [0.29, 0.717) is 6.42 Å². The maximum atomic E-state index is 11.0. The average Bonchev–Trinajstić information content (AvgIpc) is 2.26. The minimum atomic E-state index is -0.931. The van der Waals surface area contributed by atoms with Gasteiger partial charge < -0.3 is 10.2 Å². The van der Waals surface area contributed by atoms with Crippen molar-refractivity contribution in [3.8, 4) is 0 Å². The van der Waals surface area contributed by atoms with Crippen LogP contribution < -0.4 is 0 Å². The number of carboxylic acid groups (broad SMARTS) is 1. The molecule has 2 fully saturated rings. The van der Waals surface area contributed by atoms with E-state index in [1.165, 1.54) is 6.42 Å². The summed E-state index contributed by atoms with van der Waals surface area (Å²) in [5.74, 6) is -1.48. The third-order valence-corrected chi connectivity index (χ3v) is 4.80. The predicted octanol–water partition coefficient (Wildman–Crippen LogP) is 2.18. The SMILES string of the molecule is CC(C(=O)O)C1(O)CCC12CCCCC2. The van der Waals surface area contributed by atoms with Crippen molar-refractivity contribution >= 4 is 5.97 Å². The van der Waals surface area contributed by atoms with Crippen LogP contribution in [-0.2, 0) is 4.79 Å². The molecule has 0 aromatic rings. The molecular formula is C12H20O3. The molecule has 2 unspecified atom stereocenters. The summed E-state index contributed by atoms with van der Waals surface area (Å²) in [4.78, 5) is 11.0. The van der Waals surface area contributed by atoms with Crippen LogP contribution in [0.15, 0.2) is 0 Å². The van der Waals surface area contributed by atoms with Gasteiger partial charge in [-0.3, -0.25) is 4.79 Å². The van der Waals surface area contributed by atoms with Crippen LogP contribution in [0.3, 0.4) is 0 Å². The first-order chi connectivity index (χ1) is 7.02. The third-order valence-electron chi connectivity index (χ3n) is 4.80. The normalized spacial score (nSPS) is 35.9. The lowest BCUT2D eigenvalue weighted by atomic mass is 9.48. The lowest BCUT2D eigenvalue weighted by Gasteiger charge is -2.60. The summed E-state index contributed by atoms with van der Waals surface area (Å²) in [6.45, 7) is 1.65. The molecule has 0 aliphatic heterocycles. The topological polar surface area (TPSA) is 57.5 Å². The van der Waals surface area contributed by atoms with Crippen LogP contribution in [0.5, 0.6) is 0 Å². The van der Waals surface area contributed by atoms with Gasteiger partial charge in [-0.25, -0.2) is 0 Å². The van der Waals surface area contributed by atoms with Crippen molar-refractivity contribution in [3.05, 3.63) is 0 Å². The number of carbonyl (C=O) groups is 1. The highest BCUT2D eigenvalue weighted by atomic mass is 16.4. The molecule has 2 aliphatic rings. The number of hydrogen-bond donors (Lipinski definition) is 2. The number of aliphatic hydroxyl groups is 1. The first kappa shape index (κ1) is 10.9. The minimum Gasteiger partial charge on any atom is -0.481 e. The van der Waals surface area contributed by atoms with Gasteiger partial charge in [-0.2, -0.15) is 0 Å². The molecule has 0 saturated heterocycles. The van der Waals surface area contributed by atoms with Gasteiger partial charge in [0, 0.05) is 5.41 Å².